The number of ether oxygens (including phenoxy) is 1. The first-order chi connectivity index (χ1) is 15.2. The smallest absolute Gasteiger partial charge is 0.241 e. The number of rotatable bonds is 7. The van der Waals surface area contributed by atoms with Gasteiger partial charge in [-0.2, -0.15) is 0 Å². The summed E-state index contributed by atoms with van der Waals surface area (Å²) in [6, 6.07) is 26.5. The molecule has 6 heteroatoms. The minimum Gasteiger partial charge on any atom is -0.497 e. The minimum atomic E-state index is 0.133. The van der Waals surface area contributed by atoms with E-state index in [0.29, 0.717) is 6.54 Å². The summed E-state index contributed by atoms with van der Waals surface area (Å²) in [5, 5.41) is 3.35. The van der Waals surface area contributed by atoms with Crippen LogP contribution in [-0.2, 0) is 4.79 Å². The second kappa shape index (κ2) is 10.3. The second-order valence-corrected chi connectivity index (χ2v) is 8.45. The van der Waals surface area contributed by atoms with Gasteiger partial charge >= 0.3 is 0 Å². The van der Waals surface area contributed by atoms with Crippen LogP contribution in [0.5, 0.6) is 5.75 Å². The van der Waals surface area contributed by atoms with Crippen molar-refractivity contribution in [3.05, 3.63) is 78.9 Å². The summed E-state index contributed by atoms with van der Waals surface area (Å²) in [5.74, 6) is 0.989. The summed E-state index contributed by atoms with van der Waals surface area (Å²) in [6.07, 6.45) is 0. The first kappa shape index (κ1) is 21.1. The molecule has 0 aliphatic carbocycles. The van der Waals surface area contributed by atoms with Gasteiger partial charge in [-0.1, -0.05) is 42.1 Å². The monoisotopic (exact) mass is 433 g/mol. The van der Waals surface area contributed by atoms with Crippen molar-refractivity contribution >= 4 is 29.0 Å². The van der Waals surface area contributed by atoms with Crippen molar-refractivity contribution < 1.29 is 9.53 Å². The van der Waals surface area contributed by atoms with Crippen LogP contribution in [0.3, 0.4) is 0 Å². The van der Waals surface area contributed by atoms with Gasteiger partial charge in [0, 0.05) is 47.3 Å². The average Bonchev–Trinajstić information content (AvgIpc) is 2.84. The number of nitrogens with one attached hydrogen (secondary N) is 1. The van der Waals surface area contributed by atoms with E-state index >= 15 is 0 Å². The fraction of sp³-hybridized carbons (Fsp3) is 0.240. The van der Waals surface area contributed by atoms with E-state index in [4.69, 9.17) is 4.74 Å². The minimum absolute atomic E-state index is 0.133. The molecule has 1 fully saturated rings. The van der Waals surface area contributed by atoms with Crippen LogP contribution < -0.4 is 15.0 Å². The van der Waals surface area contributed by atoms with Gasteiger partial charge in [0.2, 0.25) is 5.91 Å². The molecule has 1 saturated heterocycles. The van der Waals surface area contributed by atoms with Crippen LogP contribution in [-0.4, -0.2) is 50.6 Å². The highest BCUT2D eigenvalue weighted by atomic mass is 32.2. The third kappa shape index (κ3) is 5.52. The first-order valence-electron chi connectivity index (χ1n) is 10.5. The molecule has 5 nitrogen and oxygen atoms in total. The average molecular weight is 434 g/mol. The Hall–Kier alpha value is -3.12. The zero-order valence-corrected chi connectivity index (χ0v) is 18.5. The lowest BCUT2D eigenvalue weighted by Crippen LogP contribution is -2.50. The number of methoxy groups -OCH3 is 1. The number of hydrogen-bond acceptors (Lipinski definition) is 5. The molecule has 0 spiro atoms. The van der Waals surface area contributed by atoms with Gasteiger partial charge in [0.25, 0.3) is 0 Å². The van der Waals surface area contributed by atoms with Crippen molar-refractivity contribution in [2.75, 3.05) is 50.1 Å². The lowest BCUT2D eigenvalue weighted by atomic mass is 10.2. The number of carbonyl (C=O) groups excluding carboxylic acids is 1. The first-order valence-corrected chi connectivity index (χ1v) is 11.3. The Morgan fingerprint density at radius 2 is 1.58 bits per heavy atom. The Morgan fingerprint density at radius 1 is 0.903 bits per heavy atom. The second-order valence-electron chi connectivity index (χ2n) is 7.33. The van der Waals surface area contributed by atoms with Crippen molar-refractivity contribution in [2.45, 2.75) is 9.79 Å². The zero-order chi connectivity index (χ0) is 21.5. The van der Waals surface area contributed by atoms with Crippen LogP contribution in [0.2, 0.25) is 0 Å². The van der Waals surface area contributed by atoms with E-state index in [2.05, 4.69) is 40.5 Å². The fourth-order valence-electron chi connectivity index (χ4n) is 3.61. The van der Waals surface area contributed by atoms with Crippen LogP contribution in [0, 0.1) is 0 Å². The molecule has 0 bridgehead atoms. The Balaban J connectivity index is 1.30. The Labute approximate surface area is 188 Å². The Morgan fingerprint density at radius 3 is 2.29 bits per heavy atom. The molecule has 0 aromatic heterocycles. The quantitative estimate of drug-likeness (QED) is 0.590. The highest BCUT2D eigenvalue weighted by Crippen LogP contribution is 2.33. The topological polar surface area (TPSA) is 44.8 Å². The molecular formula is C25H27N3O2S. The standard InChI is InChI=1S/C25H27N3O2S/c1-30-21-13-11-20(12-14-21)27-15-17-28(18-16-27)25(29)19-26-23-9-5-6-10-24(23)31-22-7-3-2-4-8-22/h2-14,26H,15-19H2,1H3. The molecule has 1 N–H and O–H groups in total. The van der Waals surface area contributed by atoms with Crippen LogP contribution in [0.1, 0.15) is 0 Å². The van der Waals surface area contributed by atoms with Crippen LogP contribution in [0.15, 0.2) is 88.7 Å². The van der Waals surface area contributed by atoms with Crippen molar-refractivity contribution in [3.63, 3.8) is 0 Å². The summed E-state index contributed by atoms with van der Waals surface area (Å²) >= 11 is 1.70. The predicted octanol–water partition coefficient (Wildman–Crippen LogP) is 4.61. The fourth-order valence-corrected chi connectivity index (χ4v) is 4.55. The molecule has 4 rings (SSSR count). The number of anilines is 2. The number of carbonyl (C=O) groups is 1. The predicted molar refractivity (Wildman–Crippen MR) is 127 cm³/mol. The summed E-state index contributed by atoms with van der Waals surface area (Å²) in [7, 11) is 1.67. The van der Waals surface area contributed by atoms with E-state index in [1.807, 2.05) is 53.4 Å². The van der Waals surface area contributed by atoms with Gasteiger partial charge in [0.15, 0.2) is 0 Å². The van der Waals surface area contributed by atoms with Gasteiger partial charge in [-0.25, -0.2) is 0 Å². The number of para-hydroxylation sites is 1. The number of benzene rings is 3. The SMILES string of the molecule is COc1ccc(N2CCN(C(=O)CNc3ccccc3Sc3ccccc3)CC2)cc1. The highest BCUT2D eigenvalue weighted by Gasteiger charge is 2.21. The summed E-state index contributed by atoms with van der Waals surface area (Å²) in [6.45, 7) is 3.42. The van der Waals surface area contributed by atoms with Gasteiger partial charge in [0.1, 0.15) is 5.75 Å². The maximum Gasteiger partial charge on any atom is 0.241 e. The maximum absolute atomic E-state index is 12.8. The van der Waals surface area contributed by atoms with Gasteiger partial charge in [-0.15, -0.1) is 0 Å². The lowest BCUT2D eigenvalue weighted by Gasteiger charge is -2.36. The van der Waals surface area contributed by atoms with Gasteiger partial charge in [0.05, 0.1) is 13.7 Å². The molecule has 0 unspecified atom stereocenters. The summed E-state index contributed by atoms with van der Waals surface area (Å²) in [4.78, 5) is 19.3. The molecule has 3 aromatic carbocycles. The largest absolute Gasteiger partial charge is 0.497 e. The molecular weight excluding hydrogens is 406 g/mol. The maximum atomic E-state index is 12.8. The van der Waals surface area contributed by atoms with Crippen LogP contribution in [0.4, 0.5) is 11.4 Å². The molecule has 0 radical (unpaired) electrons. The third-order valence-corrected chi connectivity index (χ3v) is 6.44. The van der Waals surface area contributed by atoms with E-state index in [-0.39, 0.29) is 5.91 Å². The molecule has 1 heterocycles. The molecule has 0 saturated carbocycles. The van der Waals surface area contributed by atoms with Gasteiger partial charge < -0.3 is 19.9 Å². The van der Waals surface area contributed by atoms with Crippen molar-refractivity contribution in [1.82, 2.24) is 4.90 Å². The molecule has 160 valence electrons. The van der Waals surface area contributed by atoms with Crippen molar-refractivity contribution in [1.29, 1.82) is 0 Å². The van der Waals surface area contributed by atoms with Crippen LogP contribution in [0.25, 0.3) is 0 Å². The van der Waals surface area contributed by atoms with E-state index in [9.17, 15) is 4.79 Å². The van der Waals surface area contributed by atoms with Crippen LogP contribution >= 0.6 is 11.8 Å². The van der Waals surface area contributed by atoms with E-state index < -0.39 is 0 Å². The molecule has 31 heavy (non-hydrogen) atoms. The molecule has 0 atom stereocenters. The van der Waals surface area contributed by atoms with Gasteiger partial charge in [-0.3, -0.25) is 4.79 Å². The molecule has 1 aliphatic rings. The number of hydrogen-bond donors (Lipinski definition) is 1. The van der Waals surface area contributed by atoms with Crippen molar-refractivity contribution in [2.24, 2.45) is 0 Å². The van der Waals surface area contributed by atoms with Crippen molar-refractivity contribution in [3.8, 4) is 5.75 Å². The molecule has 1 amide bonds. The summed E-state index contributed by atoms with van der Waals surface area (Å²) < 4.78 is 5.23. The zero-order valence-electron chi connectivity index (χ0n) is 17.7. The summed E-state index contributed by atoms with van der Waals surface area (Å²) in [5.41, 5.74) is 2.15. The lowest BCUT2D eigenvalue weighted by molar-refractivity contribution is -0.129. The Kier molecular flexibility index (Phi) is 6.99. The van der Waals surface area contributed by atoms with E-state index in [1.165, 1.54) is 4.90 Å². The van der Waals surface area contributed by atoms with Gasteiger partial charge in [-0.05, 0) is 48.5 Å². The third-order valence-electron chi connectivity index (χ3n) is 5.36. The number of amides is 1. The highest BCUT2D eigenvalue weighted by molar-refractivity contribution is 7.99. The van der Waals surface area contributed by atoms with E-state index in [1.54, 1.807) is 18.9 Å². The van der Waals surface area contributed by atoms with E-state index in [0.717, 1.165) is 48.2 Å². The number of piperazine rings is 1. The molecule has 1 aliphatic heterocycles. The normalized spacial score (nSPS) is 13.7. The molecule has 3 aromatic rings. The Bertz CT molecular complexity index is 987. The number of nitrogens with zero attached hydrogens (tertiary/aromatic N) is 2.